The van der Waals surface area contributed by atoms with E-state index in [4.69, 9.17) is 10.2 Å². The highest BCUT2D eigenvalue weighted by atomic mass is 35.5. The van der Waals surface area contributed by atoms with Gasteiger partial charge in [0, 0.05) is 18.5 Å². The lowest BCUT2D eigenvalue weighted by atomic mass is 9.93. The van der Waals surface area contributed by atoms with Crippen molar-refractivity contribution in [3.05, 3.63) is 35.1 Å². The smallest absolute Gasteiger partial charge is 0.257 e. The van der Waals surface area contributed by atoms with Crippen molar-refractivity contribution >= 4 is 29.3 Å². The molecule has 1 amide bonds. The number of piperidine rings is 1. The lowest BCUT2D eigenvalue weighted by molar-refractivity contribution is 0.0689. The van der Waals surface area contributed by atoms with E-state index in [1.165, 1.54) is 11.1 Å². The van der Waals surface area contributed by atoms with Crippen LogP contribution in [0.25, 0.3) is 11.0 Å². The van der Waals surface area contributed by atoms with Crippen molar-refractivity contribution in [2.45, 2.75) is 33.1 Å². The van der Waals surface area contributed by atoms with Crippen molar-refractivity contribution in [2.24, 2.45) is 11.7 Å². The van der Waals surface area contributed by atoms with Crippen LogP contribution < -0.4 is 5.73 Å². The molecule has 0 atom stereocenters. The van der Waals surface area contributed by atoms with E-state index in [1.54, 1.807) is 6.26 Å². The molecule has 23 heavy (non-hydrogen) atoms. The summed E-state index contributed by atoms with van der Waals surface area (Å²) < 4.78 is 5.59. The highest BCUT2D eigenvalue weighted by Crippen LogP contribution is 2.27. The summed E-state index contributed by atoms with van der Waals surface area (Å²) >= 11 is 0. The molecule has 1 fully saturated rings. The van der Waals surface area contributed by atoms with Crippen LogP contribution in [0.5, 0.6) is 0 Å². The number of nitrogens with two attached hydrogens (primary N) is 1. The van der Waals surface area contributed by atoms with Gasteiger partial charge >= 0.3 is 0 Å². The molecule has 4 nitrogen and oxygen atoms in total. The Hall–Kier alpha value is -1.52. The van der Waals surface area contributed by atoms with Crippen LogP contribution in [0.2, 0.25) is 0 Å². The van der Waals surface area contributed by atoms with E-state index in [2.05, 4.69) is 19.9 Å². The first-order valence-electron chi connectivity index (χ1n) is 8.08. The number of halogens is 1. The second kappa shape index (κ2) is 7.37. The number of carbonyl (C=O) groups excluding carboxylic acids is 1. The summed E-state index contributed by atoms with van der Waals surface area (Å²) in [5.74, 6) is 0.758. The molecule has 3 rings (SSSR count). The van der Waals surface area contributed by atoms with Crippen molar-refractivity contribution < 1.29 is 9.21 Å². The van der Waals surface area contributed by atoms with Gasteiger partial charge < -0.3 is 15.1 Å². The Labute approximate surface area is 143 Å². The summed E-state index contributed by atoms with van der Waals surface area (Å²) in [5, 5.41) is 0.928. The van der Waals surface area contributed by atoms with Crippen LogP contribution in [0, 0.1) is 19.8 Å². The van der Waals surface area contributed by atoms with E-state index in [0.29, 0.717) is 11.5 Å². The number of amides is 1. The van der Waals surface area contributed by atoms with Crippen LogP contribution in [0.15, 0.2) is 22.8 Å². The maximum Gasteiger partial charge on any atom is 0.257 e. The predicted molar refractivity (Wildman–Crippen MR) is 95.2 cm³/mol. The SMILES string of the molecule is Cc1cc2occ(C(=O)N3CCC(CCN)CC3)c2cc1C.Cl. The number of benzene rings is 1. The second-order valence-corrected chi connectivity index (χ2v) is 6.39. The number of furan rings is 1. The van der Waals surface area contributed by atoms with Crippen LogP contribution in [-0.4, -0.2) is 30.4 Å². The van der Waals surface area contributed by atoms with E-state index in [9.17, 15) is 4.79 Å². The Morgan fingerprint density at radius 2 is 1.91 bits per heavy atom. The molecule has 0 aliphatic carbocycles. The van der Waals surface area contributed by atoms with E-state index < -0.39 is 0 Å². The Kier molecular flexibility index (Phi) is 5.71. The maximum atomic E-state index is 12.8. The number of fused-ring (bicyclic) bond motifs is 1. The molecule has 1 aliphatic rings. The van der Waals surface area contributed by atoms with Gasteiger partial charge in [0.15, 0.2) is 0 Å². The van der Waals surface area contributed by atoms with Gasteiger partial charge in [0.05, 0.1) is 5.56 Å². The van der Waals surface area contributed by atoms with Gasteiger partial charge in [-0.25, -0.2) is 0 Å². The zero-order valence-corrected chi connectivity index (χ0v) is 14.6. The standard InChI is InChI=1S/C18H24N2O2.ClH/c1-12-9-15-16(11-22-17(15)10-13(12)2)18(21)20-7-4-14(3-6-19)5-8-20;/h9-11,14H,3-8,19H2,1-2H3;1H. The van der Waals surface area contributed by atoms with Crippen molar-refractivity contribution in [2.75, 3.05) is 19.6 Å². The molecule has 0 spiro atoms. The molecule has 5 heteroatoms. The minimum absolute atomic E-state index is 0. The molecule has 1 saturated heterocycles. The summed E-state index contributed by atoms with van der Waals surface area (Å²) in [6, 6.07) is 4.07. The average molecular weight is 337 g/mol. The van der Waals surface area contributed by atoms with Crippen molar-refractivity contribution in [1.82, 2.24) is 4.90 Å². The van der Waals surface area contributed by atoms with Crippen LogP contribution in [0.1, 0.15) is 40.7 Å². The molecular formula is C18H25ClN2O2. The number of hydrogen-bond acceptors (Lipinski definition) is 3. The molecule has 1 aromatic heterocycles. The lowest BCUT2D eigenvalue weighted by Gasteiger charge is -2.31. The fourth-order valence-corrected chi connectivity index (χ4v) is 3.28. The van der Waals surface area contributed by atoms with Crippen molar-refractivity contribution in [3.8, 4) is 0 Å². The van der Waals surface area contributed by atoms with Crippen molar-refractivity contribution in [3.63, 3.8) is 0 Å². The minimum atomic E-state index is 0. The minimum Gasteiger partial charge on any atom is -0.463 e. The quantitative estimate of drug-likeness (QED) is 0.930. The van der Waals surface area contributed by atoms with Gasteiger partial charge in [-0.15, -0.1) is 12.4 Å². The number of nitrogens with zero attached hydrogens (tertiary/aromatic N) is 1. The van der Waals surface area contributed by atoms with Crippen molar-refractivity contribution in [1.29, 1.82) is 0 Å². The zero-order valence-electron chi connectivity index (χ0n) is 13.8. The number of likely N-dealkylation sites (tertiary alicyclic amines) is 1. The average Bonchev–Trinajstić information content (AvgIpc) is 2.91. The highest BCUT2D eigenvalue weighted by Gasteiger charge is 2.25. The van der Waals surface area contributed by atoms with Gasteiger partial charge in [0.25, 0.3) is 5.91 Å². The zero-order chi connectivity index (χ0) is 15.7. The fourth-order valence-electron chi connectivity index (χ4n) is 3.28. The Bertz CT molecular complexity index is 688. The Balaban J connectivity index is 0.00000192. The summed E-state index contributed by atoms with van der Waals surface area (Å²) in [6.07, 6.45) is 4.78. The normalized spacial score (nSPS) is 15.7. The maximum absolute atomic E-state index is 12.8. The first-order chi connectivity index (χ1) is 10.6. The topological polar surface area (TPSA) is 59.5 Å². The number of aryl methyl sites for hydroxylation is 2. The van der Waals surface area contributed by atoms with E-state index in [0.717, 1.165) is 49.9 Å². The Morgan fingerprint density at radius 3 is 2.57 bits per heavy atom. The van der Waals surface area contributed by atoms with Gasteiger partial charge in [-0.2, -0.15) is 0 Å². The van der Waals surface area contributed by atoms with Crippen LogP contribution in [0.3, 0.4) is 0 Å². The molecular weight excluding hydrogens is 312 g/mol. The summed E-state index contributed by atoms with van der Waals surface area (Å²) in [7, 11) is 0. The molecule has 1 aliphatic heterocycles. The third kappa shape index (κ3) is 3.54. The molecule has 2 N–H and O–H groups in total. The monoisotopic (exact) mass is 336 g/mol. The predicted octanol–water partition coefficient (Wildman–Crippen LogP) is 3.67. The summed E-state index contributed by atoms with van der Waals surface area (Å²) in [6.45, 7) is 6.50. The molecule has 126 valence electrons. The van der Waals surface area contributed by atoms with Crippen LogP contribution >= 0.6 is 12.4 Å². The van der Waals surface area contributed by atoms with Crippen LogP contribution in [-0.2, 0) is 0 Å². The summed E-state index contributed by atoms with van der Waals surface area (Å²) in [5.41, 5.74) is 9.48. The van der Waals surface area contributed by atoms with Crippen LogP contribution in [0.4, 0.5) is 0 Å². The molecule has 2 heterocycles. The second-order valence-electron chi connectivity index (χ2n) is 6.39. The Morgan fingerprint density at radius 1 is 1.26 bits per heavy atom. The van der Waals surface area contributed by atoms with Gasteiger partial charge in [-0.1, -0.05) is 0 Å². The molecule has 0 saturated carbocycles. The molecule has 1 aromatic carbocycles. The van der Waals surface area contributed by atoms with Gasteiger partial charge in [-0.05, 0) is 68.8 Å². The third-order valence-corrected chi connectivity index (χ3v) is 4.90. The molecule has 2 aromatic rings. The molecule has 0 radical (unpaired) electrons. The van der Waals surface area contributed by atoms with E-state index in [1.807, 2.05) is 11.0 Å². The van der Waals surface area contributed by atoms with E-state index in [-0.39, 0.29) is 18.3 Å². The molecule has 0 unspecified atom stereocenters. The summed E-state index contributed by atoms with van der Waals surface area (Å²) in [4.78, 5) is 14.7. The number of hydrogen-bond donors (Lipinski definition) is 1. The molecule has 0 bridgehead atoms. The number of carbonyl (C=O) groups is 1. The number of rotatable bonds is 3. The fraction of sp³-hybridized carbons (Fsp3) is 0.500. The lowest BCUT2D eigenvalue weighted by Crippen LogP contribution is -2.38. The van der Waals surface area contributed by atoms with E-state index >= 15 is 0 Å². The van der Waals surface area contributed by atoms with Gasteiger partial charge in [-0.3, -0.25) is 4.79 Å². The highest BCUT2D eigenvalue weighted by molar-refractivity contribution is 6.06. The first kappa shape index (κ1) is 17.8. The first-order valence-corrected chi connectivity index (χ1v) is 8.08. The van der Waals surface area contributed by atoms with Gasteiger partial charge in [0.2, 0.25) is 0 Å². The third-order valence-electron chi connectivity index (χ3n) is 4.90. The largest absolute Gasteiger partial charge is 0.463 e. The van der Waals surface area contributed by atoms with Gasteiger partial charge in [0.1, 0.15) is 11.8 Å².